The Labute approximate surface area is 160 Å². The van der Waals surface area contributed by atoms with Crippen LogP contribution in [-0.4, -0.2) is 52.4 Å². The van der Waals surface area contributed by atoms with E-state index < -0.39 is 40.6 Å². The number of carbonyl (C=O) groups excluding carboxylic acids is 1. The zero-order valence-corrected chi connectivity index (χ0v) is 15.2. The van der Waals surface area contributed by atoms with Crippen LogP contribution in [0.1, 0.15) is 21.7 Å². The molecule has 0 fully saturated rings. The summed E-state index contributed by atoms with van der Waals surface area (Å²) in [6.07, 6.45) is -9.04. The van der Waals surface area contributed by atoms with Gasteiger partial charge in [0.1, 0.15) is 22.7 Å². The van der Waals surface area contributed by atoms with Gasteiger partial charge in [0.25, 0.3) is 5.91 Å². The van der Waals surface area contributed by atoms with Gasteiger partial charge in [0.05, 0.1) is 5.56 Å². The zero-order chi connectivity index (χ0) is 21.6. The molecule has 0 spiro atoms. The molecule has 3 heterocycles. The Kier molecular flexibility index (Phi) is 5.15. The van der Waals surface area contributed by atoms with Crippen molar-refractivity contribution in [2.45, 2.75) is 12.4 Å². The zero-order valence-electron chi connectivity index (χ0n) is 15.2. The van der Waals surface area contributed by atoms with Crippen LogP contribution in [0, 0.1) is 0 Å². The maximum atomic E-state index is 13.3. The number of pyridine rings is 2. The Morgan fingerprint density at radius 1 is 1.10 bits per heavy atom. The molecule has 0 radical (unpaired) electrons. The molecule has 3 aromatic heterocycles. The molecule has 0 bridgehead atoms. The highest BCUT2D eigenvalue weighted by molar-refractivity contribution is 5.93. The third-order valence-corrected chi connectivity index (χ3v) is 4.07. The number of hydrogen-bond donors (Lipinski definition) is 1. The van der Waals surface area contributed by atoms with Crippen LogP contribution in [0.2, 0.25) is 0 Å². The molecule has 3 aromatic rings. The van der Waals surface area contributed by atoms with Crippen LogP contribution in [0.5, 0.6) is 0 Å². The summed E-state index contributed by atoms with van der Waals surface area (Å²) in [5.74, 6) is -0.605. The fraction of sp³-hybridized carbons (Fsp3) is 0.353. The maximum Gasteiger partial charge on any atom is 0.433 e. The molecule has 156 valence electrons. The van der Waals surface area contributed by atoms with Crippen molar-refractivity contribution in [2.75, 3.05) is 27.2 Å². The first-order chi connectivity index (χ1) is 13.4. The van der Waals surface area contributed by atoms with Crippen molar-refractivity contribution in [1.29, 1.82) is 0 Å². The van der Waals surface area contributed by atoms with Crippen LogP contribution in [0.4, 0.5) is 26.3 Å². The van der Waals surface area contributed by atoms with E-state index in [-0.39, 0.29) is 24.0 Å². The molecule has 0 aliphatic carbocycles. The van der Waals surface area contributed by atoms with Crippen LogP contribution < -0.4 is 5.32 Å². The van der Waals surface area contributed by atoms with Crippen LogP contribution in [-0.2, 0) is 12.4 Å². The molecule has 29 heavy (non-hydrogen) atoms. The lowest BCUT2D eigenvalue weighted by atomic mass is 10.1. The van der Waals surface area contributed by atoms with Crippen molar-refractivity contribution in [3.63, 3.8) is 0 Å². The third-order valence-electron chi connectivity index (χ3n) is 4.07. The number of halogens is 6. The number of likely N-dealkylation sites (N-methyl/N-ethyl adjacent to an activating group) is 1. The first-order valence-electron chi connectivity index (χ1n) is 8.28. The number of alkyl halides is 6. The Hall–Kier alpha value is -2.89. The molecule has 12 heteroatoms. The van der Waals surface area contributed by atoms with E-state index >= 15 is 0 Å². The molecular weight excluding hydrogens is 404 g/mol. The molecule has 0 aliphatic heterocycles. The number of nitrogens with one attached hydrogen (secondary N) is 1. The van der Waals surface area contributed by atoms with Gasteiger partial charge < -0.3 is 10.2 Å². The second-order valence-corrected chi connectivity index (χ2v) is 6.53. The van der Waals surface area contributed by atoms with Crippen molar-refractivity contribution in [3.8, 4) is 0 Å². The number of aromatic nitrogens is 3. The summed E-state index contributed by atoms with van der Waals surface area (Å²) in [5, 5.41) is 2.04. The molecule has 0 unspecified atom stereocenters. The minimum Gasteiger partial charge on any atom is -0.349 e. The quantitative estimate of drug-likeness (QED) is 0.660. The molecule has 1 N–H and O–H groups in total. The monoisotopic (exact) mass is 419 g/mol. The van der Waals surface area contributed by atoms with Crippen molar-refractivity contribution < 1.29 is 31.1 Å². The molecule has 6 nitrogen and oxygen atoms in total. The minimum absolute atomic E-state index is 0.00444. The summed E-state index contributed by atoms with van der Waals surface area (Å²) >= 11 is 0. The van der Waals surface area contributed by atoms with Gasteiger partial charge in [-0.1, -0.05) is 0 Å². The largest absolute Gasteiger partial charge is 0.433 e. The van der Waals surface area contributed by atoms with Crippen molar-refractivity contribution in [1.82, 2.24) is 24.6 Å². The van der Waals surface area contributed by atoms with Gasteiger partial charge in [0.2, 0.25) is 0 Å². The number of nitrogens with zero attached hydrogens (tertiary/aromatic N) is 4. The van der Waals surface area contributed by atoms with Gasteiger partial charge in [0, 0.05) is 24.7 Å². The van der Waals surface area contributed by atoms with Crippen molar-refractivity contribution >= 4 is 22.6 Å². The highest BCUT2D eigenvalue weighted by Gasteiger charge is 2.39. The van der Waals surface area contributed by atoms with E-state index in [0.717, 1.165) is 16.7 Å². The second kappa shape index (κ2) is 7.17. The number of rotatable bonds is 4. The standard InChI is InChI=1S/C17H15F6N5O/c1-27(2)6-5-24-15(29)11-8-28-13(25-11)4-3-9-10(16(18,19)20)7-12(17(21,22)23)26-14(9)28/h3-4,7-8H,5-6H2,1-2H3,(H,24,29). The first-order valence-corrected chi connectivity index (χ1v) is 8.28. The Bertz CT molecular complexity index is 1070. The maximum absolute atomic E-state index is 13.3. The minimum atomic E-state index is -5.08. The van der Waals surface area contributed by atoms with Crippen molar-refractivity contribution in [3.05, 3.63) is 41.3 Å². The van der Waals surface area contributed by atoms with Crippen LogP contribution in [0.15, 0.2) is 24.4 Å². The predicted octanol–water partition coefficient (Wildman–Crippen LogP) is 3.21. The summed E-state index contributed by atoms with van der Waals surface area (Å²) in [7, 11) is 3.59. The van der Waals surface area contributed by atoms with E-state index in [0.29, 0.717) is 6.54 Å². The molecule has 0 saturated heterocycles. The van der Waals surface area contributed by atoms with E-state index in [1.165, 1.54) is 6.07 Å². The lowest BCUT2D eigenvalue weighted by molar-refractivity contribution is -0.144. The molecule has 0 atom stereocenters. The van der Waals surface area contributed by atoms with Gasteiger partial charge in [-0.2, -0.15) is 26.3 Å². The Balaban J connectivity index is 2.15. The number of amides is 1. The summed E-state index contributed by atoms with van der Waals surface area (Å²) in [6.45, 7) is 0.822. The van der Waals surface area contributed by atoms with Gasteiger partial charge in [-0.3, -0.25) is 9.20 Å². The summed E-state index contributed by atoms with van der Waals surface area (Å²) in [6, 6.07) is 2.14. The van der Waals surface area contributed by atoms with E-state index in [2.05, 4.69) is 15.3 Å². The van der Waals surface area contributed by atoms with Crippen LogP contribution in [0.25, 0.3) is 16.7 Å². The molecule has 1 amide bonds. The topological polar surface area (TPSA) is 62.5 Å². The van der Waals surface area contributed by atoms with Gasteiger partial charge in [0.15, 0.2) is 0 Å². The van der Waals surface area contributed by atoms with Gasteiger partial charge >= 0.3 is 12.4 Å². The summed E-state index contributed by atoms with van der Waals surface area (Å²) in [5.41, 5.74) is -3.90. The lowest BCUT2D eigenvalue weighted by Crippen LogP contribution is -2.31. The average molecular weight is 419 g/mol. The average Bonchev–Trinajstić information content (AvgIpc) is 3.03. The van der Waals surface area contributed by atoms with Crippen LogP contribution in [0.3, 0.4) is 0 Å². The SMILES string of the molecule is CN(C)CCNC(=O)c1cn2c(ccc3c(C(F)(F)F)cc(C(F)(F)F)nc32)n1. The molecule has 0 aromatic carbocycles. The lowest BCUT2D eigenvalue weighted by Gasteiger charge is -2.14. The number of imidazole rings is 1. The highest BCUT2D eigenvalue weighted by Crippen LogP contribution is 2.38. The van der Waals surface area contributed by atoms with E-state index in [4.69, 9.17) is 0 Å². The van der Waals surface area contributed by atoms with E-state index in [1.54, 1.807) is 14.1 Å². The van der Waals surface area contributed by atoms with Crippen LogP contribution >= 0.6 is 0 Å². The predicted molar refractivity (Wildman–Crippen MR) is 91.4 cm³/mol. The van der Waals surface area contributed by atoms with E-state index in [9.17, 15) is 31.1 Å². The Morgan fingerprint density at radius 2 is 1.79 bits per heavy atom. The third kappa shape index (κ3) is 4.26. The van der Waals surface area contributed by atoms with Gasteiger partial charge in [-0.05, 0) is 32.3 Å². The normalized spacial score (nSPS) is 12.9. The Morgan fingerprint density at radius 3 is 2.38 bits per heavy atom. The molecule has 3 rings (SSSR count). The fourth-order valence-electron chi connectivity index (χ4n) is 2.70. The summed E-state index contributed by atoms with van der Waals surface area (Å²) in [4.78, 5) is 21.4. The van der Waals surface area contributed by atoms with Gasteiger partial charge in [-0.25, -0.2) is 9.97 Å². The smallest absolute Gasteiger partial charge is 0.349 e. The van der Waals surface area contributed by atoms with Crippen molar-refractivity contribution in [2.24, 2.45) is 0 Å². The summed E-state index contributed by atoms with van der Waals surface area (Å²) < 4.78 is 80.3. The molecule has 0 aliphatic rings. The number of hydrogen-bond acceptors (Lipinski definition) is 4. The molecule has 0 saturated carbocycles. The fourth-order valence-corrected chi connectivity index (χ4v) is 2.70. The number of carbonyl (C=O) groups is 1. The second-order valence-electron chi connectivity index (χ2n) is 6.53. The van der Waals surface area contributed by atoms with E-state index in [1.807, 2.05) is 4.90 Å². The van der Waals surface area contributed by atoms with Gasteiger partial charge in [-0.15, -0.1) is 0 Å². The first kappa shape index (κ1) is 20.8. The molecular formula is C17H15F6N5O. The highest BCUT2D eigenvalue weighted by atomic mass is 19.4. The number of fused-ring (bicyclic) bond motifs is 3.